The van der Waals surface area contributed by atoms with Gasteiger partial charge in [0.15, 0.2) is 6.10 Å². The highest BCUT2D eigenvalue weighted by Crippen LogP contribution is 2.35. The monoisotopic (exact) mass is 314 g/mol. The fourth-order valence-corrected chi connectivity index (χ4v) is 2.18. The van der Waals surface area contributed by atoms with Crippen LogP contribution in [0.1, 0.15) is 11.7 Å². The minimum absolute atomic E-state index is 0.0445. The first-order valence-corrected chi connectivity index (χ1v) is 6.32. The zero-order chi connectivity index (χ0) is 14.9. The van der Waals surface area contributed by atoms with Crippen LogP contribution < -0.4 is 0 Å². The first kappa shape index (κ1) is 14.8. The third-order valence-electron chi connectivity index (χ3n) is 2.78. The van der Waals surface area contributed by atoms with Crippen LogP contribution in [0.5, 0.6) is 0 Å². The topological polar surface area (TPSA) is 57.5 Å². The van der Waals surface area contributed by atoms with Crippen LogP contribution in [0.4, 0.5) is 4.39 Å². The lowest BCUT2D eigenvalue weighted by Gasteiger charge is -2.10. The smallest absolute Gasteiger partial charge is 0.337 e. The summed E-state index contributed by atoms with van der Waals surface area (Å²) >= 11 is 11.9. The average Bonchev–Trinajstić information content (AvgIpc) is 2.41. The Hall–Kier alpha value is -1.62. The van der Waals surface area contributed by atoms with Crippen molar-refractivity contribution in [3.05, 3.63) is 57.8 Å². The molecule has 1 unspecified atom stereocenters. The molecule has 0 aliphatic heterocycles. The molecular formula is C14H9Cl2FO3. The lowest BCUT2D eigenvalue weighted by Crippen LogP contribution is -2.10. The van der Waals surface area contributed by atoms with Crippen LogP contribution in [-0.2, 0) is 4.79 Å². The van der Waals surface area contributed by atoms with Crippen molar-refractivity contribution in [3.8, 4) is 11.1 Å². The Balaban J connectivity index is 2.50. The van der Waals surface area contributed by atoms with Gasteiger partial charge in [0, 0.05) is 11.1 Å². The second-order valence-corrected chi connectivity index (χ2v) is 4.87. The van der Waals surface area contributed by atoms with Gasteiger partial charge in [-0.2, -0.15) is 0 Å². The number of carboxylic acid groups (broad SMARTS) is 1. The molecule has 0 aliphatic rings. The van der Waals surface area contributed by atoms with Crippen LogP contribution in [0.15, 0.2) is 36.4 Å². The third kappa shape index (κ3) is 2.77. The number of hydrogen-bond donors (Lipinski definition) is 2. The molecule has 2 N–H and O–H groups in total. The van der Waals surface area contributed by atoms with E-state index in [9.17, 15) is 14.3 Å². The number of rotatable bonds is 3. The van der Waals surface area contributed by atoms with Gasteiger partial charge in [-0.05, 0) is 17.7 Å². The second-order valence-electron chi connectivity index (χ2n) is 4.08. The van der Waals surface area contributed by atoms with Gasteiger partial charge in [0.1, 0.15) is 5.82 Å². The van der Waals surface area contributed by atoms with Crippen LogP contribution in [0.2, 0.25) is 10.0 Å². The zero-order valence-electron chi connectivity index (χ0n) is 9.98. The molecule has 3 nitrogen and oxygen atoms in total. The molecule has 0 amide bonds. The van der Waals surface area contributed by atoms with Crippen molar-refractivity contribution in [2.45, 2.75) is 6.10 Å². The van der Waals surface area contributed by atoms with Crippen LogP contribution in [0, 0.1) is 5.82 Å². The molecule has 0 spiro atoms. The summed E-state index contributed by atoms with van der Waals surface area (Å²) in [5.74, 6) is -2.13. The van der Waals surface area contributed by atoms with Gasteiger partial charge in [-0.25, -0.2) is 9.18 Å². The van der Waals surface area contributed by atoms with Crippen LogP contribution in [0.3, 0.4) is 0 Å². The Kier molecular flexibility index (Phi) is 4.28. The molecule has 0 bridgehead atoms. The average molecular weight is 315 g/mol. The Bertz CT molecular complexity index is 673. The Morgan fingerprint density at radius 2 is 1.85 bits per heavy atom. The fourth-order valence-electron chi connectivity index (χ4n) is 1.77. The van der Waals surface area contributed by atoms with E-state index in [2.05, 4.69) is 0 Å². The highest BCUT2D eigenvalue weighted by Gasteiger charge is 2.18. The largest absolute Gasteiger partial charge is 0.479 e. The molecule has 0 aromatic heterocycles. The molecule has 0 fully saturated rings. The van der Waals surface area contributed by atoms with Crippen molar-refractivity contribution in [2.24, 2.45) is 0 Å². The predicted molar refractivity (Wildman–Crippen MR) is 74.5 cm³/mol. The van der Waals surface area contributed by atoms with Crippen LogP contribution >= 0.6 is 23.2 Å². The molecule has 2 aromatic carbocycles. The van der Waals surface area contributed by atoms with Gasteiger partial charge in [0.05, 0.1) is 10.0 Å². The number of aliphatic carboxylic acids is 1. The first-order chi connectivity index (χ1) is 9.41. The van der Waals surface area contributed by atoms with Crippen molar-refractivity contribution < 1.29 is 19.4 Å². The molecule has 2 aromatic rings. The lowest BCUT2D eigenvalue weighted by atomic mass is 10.0. The van der Waals surface area contributed by atoms with Gasteiger partial charge in [-0.3, -0.25) is 0 Å². The maximum atomic E-state index is 14.1. The summed E-state index contributed by atoms with van der Waals surface area (Å²) in [6.07, 6.45) is -1.77. The van der Waals surface area contributed by atoms with Crippen LogP contribution in [-0.4, -0.2) is 16.2 Å². The van der Waals surface area contributed by atoms with Gasteiger partial charge < -0.3 is 10.2 Å². The van der Waals surface area contributed by atoms with E-state index in [-0.39, 0.29) is 16.1 Å². The Morgan fingerprint density at radius 1 is 1.15 bits per heavy atom. The molecule has 0 aliphatic carbocycles. The summed E-state index contributed by atoms with van der Waals surface area (Å²) in [6.45, 7) is 0. The van der Waals surface area contributed by atoms with Crippen molar-refractivity contribution in [1.29, 1.82) is 0 Å². The number of aliphatic hydroxyl groups excluding tert-OH is 1. The first-order valence-electron chi connectivity index (χ1n) is 5.56. The van der Waals surface area contributed by atoms with Gasteiger partial charge in [0.2, 0.25) is 0 Å². The molecule has 1 atom stereocenters. The number of benzene rings is 2. The van der Waals surface area contributed by atoms with Crippen LogP contribution in [0.25, 0.3) is 11.1 Å². The van der Waals surface area contributed by atoms with Crippen molar-refractivity contribution in [1.82, 2.24) is 0 Å². The molecular weight excluding hydrogens is 306 g/mol. The maximum absolute atomic E-state index is 14.1. The summed E-state index contributed by atoms with van der Waals surface area (Å²) in [7, 11) is 0. The fraction of sp³-hybridized carbons (Fsp3) is 0.0714. The minimum atomic E-state index is -1.77. The van der Waals surface area contributed by atoms with E-state index in [0.717, 1.165) is 6.07 Å². The molecule has 0 saturated carbocycles. The maximum Gasteiger partial charge on any atom is 0.337 e. The summed E-state index contributed by atoms with van der Waals surface area (Å²) in [4.78, 5) is 10.7. The lowest BCUT2D eigenvalue weighted by molar-refractivity contribution is -0.146. The van der Waals surface area contributed by atoms with E-state index >= 15 is 0 Å². The molecule has 104 valence electrons. The van der Waals surface area contributed by atoms with Gasteiger partial charge in [0.25, 0.3) is 0 Å². The van der Waals surface area contributed by atoms with E-state index in [4.69, 9.17) is 28.3 Å². The third-order valence-corrected chi connectivity index (χ3v) is 3.60. The SMILES string of the molecule is O=C(O)C(O)c1ccc(-c2cccc(Cl)c2Cl)c(F)c1. The predicted octanol–water partition coefficient (Wildman–Crippen LogP) is 3.92. The van der Waals surface area contributed by atoms with Gasteiger partial charge in [-0.1, -0.05) is 47.5 Å². The summed E-state index contributed by atoms with van der Waals surface area (Å²) in [5, 5.41) is 18.5. The van der Waals surface area contributed by atoms with E-state index in [1.54, 1.807) is 18.2 Å². The molecule has 2 rings (SSSR count). The van der Waals surface area contributed by atoms with E-state index in [0.29, 0.717) is 10.6 Å². The molecule has 0 radical (unpaired) electrons. The number of hydrogen-bond acceptors (Lipinski definition) is 2. The van der Waals surface area contributed by atoms with Crippen molar-refractivity contribution in [2.75, 3.05) is 0 Å². The highest BCUT2D eigenvalue weighted by molar-refractivity contribution is 6.43. The van der Waals surface area contributed by atoms with E-state index in [1.165, 1.54) is 12.1 Å². The Labute approximate surface area is 124 Å². The standard InChI is InChI=1S/C14H9Cl2FO3/c15-10-3-1-2-9(12(10)16)8-5-4-7(6-11(8)17)13(18)14(19)20/h1-6,13,18H,(H,19,20). The molecule has 20 heavy (non-hydrogen) atoms. The number of halogens is 3. The minimum Gasteiger partial charge on any atom is -0.479 e. The zero-order valence-corrected chi connectivity index (χ0v) is 11.5. The van der Waals surface area contributed by atoms with Crippen molar-refractivity contribution >= 4 is 29.2 Å². The van der Waals surface area contributed by atoms with Gasteiger partial charge in [-0.15, -0.1) is 0 Å². The molecule has 6 heteroatoms. The number of carboxylic acids is 1. The van der Waals surface area contributed by atoms with Crippen molar-refractivity contribution in [3.63, 3.8) is 0 Å². The second kappa shape index (κ2) is 5.79. The summed E-state index contributed by atoms with van der Waals surface area (Å²) < 4.78 is 14.1. The number of carbonyl (C=O) groups is 1. The van der Waals surface area contributed by atoms with E-state index < -0.39 is 17.9 Å². The quantitative estimate of drug-likeness (QED) is 0.902. The Morgan fingerprint density at radius 3 is 2.45 bits per heavy atom. The highest BCUT2D eigenvalue weighted by atomic mass is 35.5. The summed E-state index contributed by atoms with van der Waals surface area (Å²) in [6, 6.07) is 8.45. The summed E-state index contributed by atoms with van der Waals surface area (Å²) in [5.41, 5.74) is 0.531. The molecule has 0 saturated heterocycles. The molecule has 0 heterocycles. The number of aliphatic hydroxyl groups is 1. The normalized spacial score (nSPS) is 12.2. The van der Waals surface area contributed by atoms with E-state index in [1.807, 2.05) is 0 Å². The van der Waals surface area contributed by atoms with Gasteiger partial charge >= 0.3 is 5.97 Å².